The summed E-state index contributed by atoms with van der Waals surface area (Å²) in [6.07, 6.45) is 33.5. The fourth-order valence-electron chi connectivity index (χ4n) is 8.12. The summed E-state index contributed by atoms with van der Waals surface area (Å²) in [5, 5.41) is 9.98. The van der Waals surface area contributed by atoms with Crippen molar-refractivity contribution in [2.24, 2.45) is 0 Å². The molecule has 4 unspecified atom stereocenters. The van der Waals surface area contributed by atoms with Crippen LogP contribution in [0, 0.1) is 0 Å². The molecule has 0 aromatic rings. The molecular formula is C50H103B2N2O9. The summed E-state index contributed by atoms with van der Waals surface area (Å²) in [5.41, 5.74) is 0. The van der Waals surface area contributed by atoms with E-state index in [-0.39, 0.29) is 24.3 Å². The quantitative estimate of drug-likeness (QED) is 0.0470. The maximum atomic E-state index is 9.98. The van der Waals surface area contributed by atoms with Crippen LogP contribution < -0.4 is 0 Å². The second kappa shape index (κ2) is 46.8. The molecule has 0 aliphatic carbocycles. The third-order valence-corrected chi connectivity index (χ3v) is 12.0. The highest BCUT2D eigenvalue weighted by atomic mass is 16.7. The Hall–Kier alpha value is -0.310. The van der Waals surface area contributed by atoms with E-state index in [1.165, 1.54) is 130 Å². The van der Waals surface area contributed by atoms with Crippen molar-refractivity contribution in [1.82, 2.24) is 9.80 Å². The summed E-state index contributed by atoms with van der Waals surface area (Å²) >= 11 is 0. The van der Waals surface area contributed by atoms with Crippen LogP contribution in [0.3, 0.4) is 0 Å². The molecule has 2 heterocycles. The van der Waals surface area contributed by atoms with Crippen molar-refractivity contribution in [3.8, 4) is 0 Å². The fourth-order valence-corrected chi connectivity index (χ4v) is 8.12. The van der Waals surface area contributed by atoms with Crippen molar-refractivity contribution >= 4 is 15.0 Å². The molecule has 0 saturated carbocycles. The van der Waals surface area contributed by atoms with Crippen LogP contribution >= 0.6 is 0 Å². The average molecular weight is 898 g/mol. The van der Waals surface area contributed by atoms with Gasteiger partial charge in [-0.2, -0.15) is 0 Å². The molecule has 2 aliphatic rings. The monoisotopic (exact) mass is 898 g/mol. The zero-order valence-electron chi connectivity index (χ0n) is 42.4. The summed E-state index contributed by atoms with van der Waals surface area (Å²) in [4.78, 5) is 4.95. The molecule has 2 saturated heterocycles. The van der Waals surface area contributed by atoms with E-state index >= 15 is 0 Å². The van der Waals surface area contributed by atoms with Gasteiger partial charge in [-0.05, 0) is 51.6 Å². The first-order valence-corrected chi connectivity index (χ1v) is 26.8. The van der Waals surface area contributed by atoms with E-state index in [4.69, 9.17) is 37.6 Å². The van der Waals surface area contributed by atoms with Gasteiger partial charge in [0, 0.05) is 39.5 Å². The Bertz CT molecular complexity index is 876. The maximum Gasteiger partial charge on any atom is 0.636 e. The second-order valence-electron chi connectivity index (χ2n) is 18.3. The van der Waals surface area contributed by atoms with E-state index in [9.17, 15) is 5.02 Å². The van der Waals surface area contributed by atoms with Crippen molar-refractivity contribution in [2.45, 2.75) is 233 Å². The lowest BCUT2D eigenvalue weighted by atomic mass is 10.1. The van der Waals surface area contributed by atoms with E-state index in [2.05, 4.69) is 51.3 Å². The smallest absolute Gasteiger partial charge is 0.407 e. The van der Waals surface area contributed by atoms with Gasteiger partial charge in [0.05, 0.1) is 63.9 Å². The van der Waals surface area contributed by atoms with Crippen LogP contribution in [0.15, 0.2) is 0 Å². The molecule has 2 fully saturated rings. The number of hydrogen-bond donors (Lipinski definition) is 1. The van der Waals surface area contributed by atoms with E-state index in [0.717, 1.165) is 97.6 Å². The maximum absolute atomic E-state index is 9.98. The average Bonchev–Trinajstić information content (AvgIpc) is 3.27. The Labute approximate surface area is 391 Å². The highest BCUT2D eigenvalue weighted by molar-refractivity contribution is 6.34. The predicted molar refractivity (Wildman–Crippen MR) is 263 cm³/mol. The number of nitrogens with zero attached hydrogens (tertiary/aromatic N) is 2. The van der Waals surface area contributed by atoms with Crippen molar-refractivity contribution < 1.29 is 42.6 Å². The van der Waals surface area contributed by atoms with E-state index in [1.54, 1.807) is 0 Å². The topological polar surface area (TPSA) is 101 Å². The fraction of sp³-hybridized carbons (Fsp3) is 1.00. The highest BCUT2D eigenvalue weighted by Crippen LogP contribution is 2.18. The zero-order chi connectivity index (χ0) is 45.7. The van der Waals surface area contributed by atoms with E-state index < -0.39 is 7.32 Å². The molecule has 0 spiro atoms. The van der Waals surface area contributed by atoms with Crippen molar-refractivity contribution in [2.75, 3.05) is 92.2 Å². The summed E-state index contributed by atoms with van der Waals surface area (Å²) in [6, 6.07) is 0.220. The molecule has 13 heteroatoms. The molecule has 2 rings (SSSR count). The van der Waals surface area contributed by atoms with Gasteiger partial charge < -0.3 is 42.6 Å². The Morgan fingerprint density at radius 1 is 0.444 bits per heavy atom. The Kier molecular flexibility index (Phi) is 45.1. The first-order chi connectivity index (χ1) is 31.0. The van der Waals surface area contributed by atoms with Gasteiger partial charge >= 0.3 is 15.0 Å². The summed E-state index contributed by atoms with van der Waals surface area (Å²) in [7, 11) is 0.346. The lowest BCUT2D eigenvalue weighted by Gasteiger charge is -2.39. The summed E-state index contributed by atoms with van der Waals surface area (Å²) in [5.74, 6) is 0. The minimum absolute atomic E-state index is 0.0391. The van der Waals surface area contributed by atoms with Crippen LogP contribution in [0.2, 0.25) is 0 Å². The molecule has 0 bridgehead atoms. The molecule has 1 N–H and O–H groups in total. The standard InChI is InChI=1S/C26H54BNO5.C24H49BNO4/c1-4-7-10-11-12-13-14-15-16-17-18-28-25(21-30-19-8-5-2)23-32-27(29)33-24-26(28)22-31-20-9-6-3;1-4-7-8-9-10-11-12-13-14-15-16-26-19-23(21-27-17-5-2)29-25-30-24(20-26)22-28-18-6-3/h25-26,29H,4-24H2,1-3H3;23-24H,4-22H2,1-3H3. The largest absolute Gasteiger partial charge is 0.636 e. The van der Waals surface area contributed by atoms with Gasteiger partial charge in [-0.15, -0.1) is 0 Å². The van der Waals surface area contributed by atoms with Crippen LogP contribution in [-0.4, -0.2) is 146 Å². The molecule has 1 radical (unpaired) electrons. The normalized spacial score (nSPS) is 20.4. The van der Waals surface area contributed by atoms with Gasteiger partial charge in [0.15, 0.2) is 0 Å². The molecule has 0 aromatic heterocycles. The number of ether oxygens (including phenoxy) is 4. The first kappa shape index (κ1) is 60.7. The van der Waals surface area contributed by atoms with Crippen LogP contribution in [0.5, 0.6) is 0 Å². The first-order valence-electron chi connectivity index (χ1n) is 26.8. The van der Waals surface area contributed by atoms with Gasteiger partial charge in [-0.1, -0.05) is 170 Å². The summed E-state index contributed by atoms with van der Waals surface area (Å²) in [6.45, 7) is 23.5. The predicted octanol–water partition coefficient (Wildman–Crippen LogP) is 11.0. The van der Waals surface area contributed by atoms with Gasteiger partial charge in [-0.3, -0.25) is 9.80 Å². The lowest BCUT2D eigenvalue weighted by molar-refractivity contribution is -0.0548. The van der Waals surface area contributed by atoms with Crippen molar-refractivity contribution in [3.05, 3.63) is 0 Å². The van der Waals surface area contributed by atoms with Gasteiger partial charge in [0.1, 0.15) is 0 Å². The number of unbranched alkanes of at least 4 members (excludes halogenated alkanes) is 20. The third-order valence-electron chi connectivity index (χ3n) is 12.0. The van der Waals surface area contributed by atoms with Gasteiger partial charge in [0.2, 0.25) is 0 Å². The van der Waals surface area contributed by atoms with E-state index in [1.807, 2.05) is 0 Å². The second-order valence-corrected chi connectivity index (χ2v) is 18.3. The number of hydrogen-bond acceptors (Lipinski definition) is 11. The molecule has 2 aliphatic heterocycles. The molecule has 0 amide bonds. The minimum Gasteiger partial charge on any atom is -0.407 e. The highest BCUT2D eigenvalue weighted by Gasteiger charge is 2.33. The Balaban J connectivity index is 0.000000633. The van der Waals surface area contributed by atoms with E-state index in [0.29, 0.717) is 39.6 Å². The SMILES string of the molecule is CCCCCCCCCCCCN1C(COCCCC)COB(O)OCC1COCCCC.CCCCCCCCCCCCN1CC(COCCC)O[B]OC(COCCC)C1. The molecule has 373 valence electrons. The lowest BCUT2D eigenvalue weighted by Crippen LogP contribution is -2.55. The number of rotatable bonds is 40. The van der Waals surface area contributed by atoms with Gasteiger partial charge in [-0.25, -0.2) is 0 Å². The van der Waals surface area contributed by atoms with Crippen LogP contribution in [0.1, 0.15) is 208 Å². The molecule has 0 aromatic carbocycles. The molecule has 63 heavy (non-hydrogen) atoms. The molecular weight excluding hydrogens is 794 g/mol. The zero-order valence-corrected chi connectivity index (χ0v) is 42.4. The van der Waals surface area contributed by atoms with Crippen molar-refractivity contribution in [1.29, 1.82) is 0 Å². The molecule has 11 nitrogen and oxygen atoms in total. The van der Waals surface area contributed by atoms with Crippen LogP contribution in [-0.2, 0) is 37.6 Å². The third kappa shape index (κ3) is 36.4. The molecule has 4 atom stereocenters. The van der Waals surface area contributed by atoms with Gasteiger partial charge in [0.25, 0.3) is 0 Å². The minimum atomic E-state index is -1.17. The summed E-state index contributed by atoms with van der Waals surface area (Å²) < 4.78 is 46.2. The van der Waals surface area contributed by atoms with Crippen LogP contribution in [0.25, 0.3) is 0 Å². The Morgan fingerprint density at radius 3 is 1.21 bits per heavy atom. The van der Waals surface area contributed by atoms with Crippen LogP contribution in [0.4, 0.5) is 0 Å². The van der Waals surface area contributed by atoms with Crippen molar-refractivity contribution in [3.63, 3.8) is 0 Å². The Morgan fingerprint density at radius 2 is 0.810 bits per heavy atom.